The average molecular weight is 450 g/mol. The van der Waals surface area contributed by atoms with Gasteiger partial charge in [-0.25, -0.2) is 4.39 Å². The van der Waals surface area contributed by atoms with Crippen LogP contribution in [-0.4, -0.2) is 0 Å². The van der Waals surface area contributed by atoms with Gasteiger partial charge in [-0.05, 0) is 42.5 Å². The highest BCUT2D eigenvalue weighted by Gasteiger charge is 2.21. The molecule has 3 nitrogen and oxygen atoms in total. The monoisotopic (exact) mass is 448 g/mol. The van der Waals surface area contributed by atoms with Gasteiger partial charge in [0.1, 0.15) is 18.0 Å². The molecule has 0 aliphatic carbocycles. The zero-order chi connectivity index (χ0) is 20.5. The third-order valence-electron chi connectivity index (χ3n) is 4.35. The van der Waals surface area contributed by atoms with Gasteiger partial charge < -0.3 is 9.15 Å². The molecule has 0 radical (unpaired) electrons. The zero-order valence-corrected chi connectivity index (χ0v) is 17.0. The molecule has 4 rings (SSSR count). The lowest BCUT2D eigenvalue weighted by Gasteiger charge is -2.13. The normalized spacial score (nSPS) is 11.0. The summed E-state index contributed by atoms with van der Waals surface area (Å²) in [5, 5.41) is 1.18. The zero-order valence-electron chi connectivity index (χ0n) is 14.7. The molecule has 7 heteroatoms. The molecule has 0 spiro atoms. The highest BCUT2D eigenvalue weighted by Crippen LogP contribution is 2.36. The Morgan fingerprint density at radius 3 is 2.45 bits per heavy atom. The SMILES string of the molecule is O=c1c(OCc2c(F)cccc2Cl)c(-c2ccccc2Cl)oc2ccc(Cl)cc12. The van der Waals surface area contributed by atoms with Crippen molar-refractivity contribution < 1.29 is 13.5 Å². The lowest BCUT2D eigenvalue weighted by molar-refractivity contribution is 0.292. The fraction of sp³-hybridized carbons (Fsp3) is 0.0455. The van der Waals surface area contributed by atoms with Gasteiger partial charge in [-0.1, -0.05) is 53.0 Å². The average Bonchev–Trinajstić information content (AvgIpc) is 2.70. The van der Waals surface area contributed by atoms with Crippen molar-refractivity contribution in [3.8, 4) is 17.1 Å². The molecule has 1 heterocycles. The predicted molar refractivity (Wildman–Crippen MR) is 114 cm³/mol. The van der Waals surface area contributed by atoms with Crippen molar-refractivity contribution in [2.45, 2.75) is 6.61 Å². The van der Waals surface area contributed by atoms with Crippen molar-refractivity contribution in [1.82, 2.24) is 0 Å². The molecule has 0 atom stereocenters. The Kier molecular flexibility index (Phi) is 5.50. The van der Waals surface area contributed by atoms with E-state index in [-0.39, 0.29) is 34.1 Å². The molecule has 1 aromatic heterocycles. The summed E-state index contributed by atoms with van der Waals surface area (Å²) in [6, 6.07) is 15.9. The van der Waals surface area contributed by atoms with Gasteiger partial charge in [-0.2, -0.15) is 0 Å². The fourth-order valence-corrected chi connectivity index (χ4v) is 3.53. The number of hydrogen-bond donors (Lipinski definition) is 0. The first-order chi connectivity index (χ1) is 14.0. The minimum atomic E-state index is -0.537. The van der Waals surface area contributed by atoms with Crippen LogP contribution in [-0.2, 0) is 6.61 Å². The van der Waals surface area contributed by atoms with Gasteiger partial charge in [0.2, 0.25) is 11.2 Å². The van der Waals surface area contributed by atoms with E-state index in [9.17, 15) is 9.18 Å². The summed E-state index contributed by atoms with van der Waals surface area (Å²) in [7, 11) is 0. The summed E-state index contributed by atoms with van der Waals surface area (Å²) in [4.78, 5) is 13.2. The molecule has 0 amide bonds. The van der Waals surface area contributed by atoms with E-state index in [2.05, 4.69) is 0 Å². The molecule has 29 heavy (non-hydrogen) atoms. The van der Waals surface area contributed by atoms with E-state index in [0.717, 1.165) is 0 Å². The first-order valence-corrected chi connectivity index (χ1v) is 9.66. The molecule has 0 aliphatic heterocycles. The third kappa shape index (κ3) is 3.84. The number of benzene rings is 3. The molecule has 0 bridgehead atoms. The van der Waals surface area contributed by atoms with Crippen LogP contribution in [0.25, 0.3) is 22.3 Å². The topological polar surface area (TPSA) is 39.4 Å². The molecule has 3 aromatic carbocycles. The smallest absolute Gasteiger partial charge is 0.235 e. The van der Waals surface area contributed by atoms with Gasteiger partial charge in [0.25, 0.3) is 0 Å². The second-order valence-electron chi connectivity index (χ2n) is 6.20. The highest BCUT2D eigenvalue weighted by molar-refractivity contribution is 6.33. The quantitative estimate of drug-likeness (QED) is 0.332. The van der Waals surface area contributed by atoms with Crippen molar-refractivity contribution in [3.63, 3.8) is 0 Å². The van der Waals surface area contributed by atoms with E-state index < -0.39 is 11.2 Å². The number of fused-ring (bicyclic) bond motifs is 1. The van der Waals surface area contributed by atoms with Crippen LogP contribution in [0.15, 0.2) is 69.9 Å². The van der Waals surface area contributed by atoms with E-state index in [4.69, 9.17) is 44.0 Å². The Labute approximate surface area is 180 Å². The first-order valence-electron chi connectivity index (χ1n) is 8.52. The molecular weight excluding hydrogens is 438 g/mol. The van der Waals surface area contributed by atoms with E-state index in [1.165, 1.54) is 18.2 Å². The molecule has 0 N–H and O–H groups in total. The van der Waals surface area contributed by atoms with Crippen LogP contribution in [0, 0.1) is 5.82 Å². The summed E-state index contributed by atoms with van der Waals surface area (Å²) in [6.45, 7) is -0.264. The van der Waals surface area contributed by atoms with Crippen LogP contribution in [0.4, 0.5) is 4.39 Å². The molecular formula is C22H12Cl3FO3. The molecule has 0 fully saturated rings. The fourth-order valence-electron chi connectivity index (χ4n) is 2.92. The number of hydrogen-bond acceptors (Lipinski definition) is 3. The van der Waals surface area contributed by atoms with Crippen LogP contribution >= 0.6 is 34.8 Å². The standard InChI is InChI=1S/C22H12Cl3FO3/c23-12-8-9-19-14(10-12)20(27)22(21(29-19)13-4-1-2-5-16(13)24)28-11-15-17(25)6-3-7-18(15)26/h1-10H,11H2. The second kappa shape index (κ2) is 8.07. The maximum Gasteiger partial charge on any atom is 0.235 e. The third-order valence-corrected chi connectivity index (χ3v) is 5.27. The summed E-state index contributed by atoms with van der Waals surface area (Å²) in [5.41, 5.74) is 0.476. The maximum absolute atomic E-state index is 14.1. The van der Waals surface area contributed by atoms with Crippen LogP contribution in [0.5, 0.6) is 5.75 Å². The lowest BCUT2D eigenvalue weighted by atomic mass is 10.1. The second-order valence-corrected chi connectivity index (χ2v) is 7.45. The molecule has 0 unspecified atom stereocenters. The Morgan fingerprint density at radius 2 is 1.69 bits per heavy atom. The molecule has 146 valence electrons. The highest BCUT2D eigenvalue weighted by atomic mass is 35.5. The summed E-state index contributed by atoms with van der Waals surface area (Å²) in [5.74, 6) is -0.500. The van der Waals surface area contributed by atoms with Gasteiger partial charge >= 0.3 is 0 Å². The number of rotatable bonds is 4. The molecule has 0 saturated heterocycles. The van der Waals surface area contributed by atoms with Crippen LogP contribution in [0.3, 0.4) is 0 Å². The van der Waals surface area contributed by atoms with E-state index >= 15 is 0 Å². The van der Waals surface area contributed by atoms with Crippen molar-refractivity contribution in [2.24, 2.45) is 0 Å². The minimum absolute atomic E-state index is 0.104. The summed E-state index contributed by atoms with van der Waals surface area (Å²) >= 11 is 18.4. The largest absolute Gasteiger partial charge is 0.481 e. The van der Waals surface area contributed by atoms with Crippen molar-refractivity contribution in [3.05, 3.63) is 97.3 Å². The Hall–Kier alpha value is -2.53. The Morgan fingerprint density at radius 1 is 0.931 bits per heavy atom. The van der Waals surface area contributed by atoms with Gasteiger partial charge in [0.15, 0.2) is 5.76 Å². The molecule has 0 saturated carbocycles. The van der Waals surface area contributed by atoms with Crippen molar-refractivity contribution in [2.75, 3.05) is 0 Å². The Bertz CT molecular complexity index is 1260. The first kappa shape index (κ1) is 19.8. The maximum atomic E-state index is 14.1. The summed E-state index contributed by atoms with van der Waals surface area (Å²) < 4.78 is 25.8. The van der Waals surface area contributed by atoms with Crippen molar-refractivity contribution >= 4 is 45.8 Å². The van der Waals surface area contributed by atoms with E-state index in [1.807, 2.05) is 0 Å². The number of ether oxygens (including phenoxy) is 1. The van der Waals surface area contributed by atoms with Crippen molar-refractivity contribution in [1.29, 1.82) is 0 Å². The van der Waals surface area contributed by atoms with Crippen LogP contribution in [0.2, 0.25) is 15.1 Å². The van der Waals surface area contributed by atoms with E-state index in [0.29, 0.717) is 21.2 Å². The van der Waals surface area contributed by atoms with Crippen LogP contribution in [0.1, 0.15) is 5.56 Å². The van der Waals surface area contributed by atoms with E-state index in [1.54, 1.807) is 42.5 Å². The predicted octanol–water partition coefficient (Wildman–Crippen LogP) is 7.14. The minimum Gasteiger partial charge on any atom is -0.481 e. The van der Waals surface area contributed by atoms with Gasteiger partial charge in [-0.3, -0.25) is 4.79 Å². The van der Waals surface area contributed by atoms with Gasteiger partial charge in [-0.15, -0.1) is 0 Å². The molecule has 4 aromatic rings. The Balaban J connectivity index is 1.90. The lowest BCUT2D eigenvalue weighted by Crippen LogP contribution is -2.11. The molecule has 0 aliphatic rings. The van der Waals surface area contributed by atoms with Crippen LogP contribution < -0.4 is 10.2 Å². The van der Waals surface area contributed by atoms with Gasteiger partial charge in [0.05, 0.1) is 15.4 Å². The number of halogens is 4. The summed E-state index contributed by atoms with van der Waals surface area (Å²) in [6.07, 6.45) is 0. The van der Waals surface area contributed by atoms with Gasteiger partial charge in [0, 0.05) is 16.1 Å².